The highest BCUT2D eigenvalue weighted by Crippen LogP contribution is 2.22. The standard InChI is InChI=1S/C15H15NO2.C7H9BO2.C7H8ClN.CO2/c1-3-18-15(17)13-8-5-9-16-14(13)12-7-4-6-11(2)10-12;1-6-3-2-4-7(5-6)8(9)10;1-2-6-4-3-5-9-7(6)8;2-1-3/h4-10H,3H2,1-2H3;2-5,9-10H,1H3;3-5H,2H2,1H3;. The van der Waals surface area contributed by atoms with Crippen LogP contribution in [0.25, 0.3) is 11.3 Å². The Bertz CT molecular complexity index is 1380. The number of nitrogens with zero attached hydrogens (tertiary/aromatic N) is 2. The molecule has 8 nitrogen and oxygen atoms in total. The molecule has 0 aliphatic carbocycles. The fraction of sp³-hybridized carbons (Fsp3) is 0.200. The molecule has 0 atom stereocenters. The van der Waals surface area contributed by atoms with Crippen LogP contribution in [0, 0.1) is 13.8 Å². The van der Waals surface area contributed by atoms with Gasteiger partial charge in [0.25, 0.3) is 0 Å². The number of aromatic nitrogens is 2. The number of carbonyl (C=O) groups is 1. The van der Waals surface area contributed by atoms with Gasteiger partial charge >= 0.3 is 19.2 Å². The number of carbonyl (C=O) groups excluding carboxylic acids is 3. The van der Waals surface area contributed by atoms with E-state index in [1.165, 1.54) is 0 Å². The average molecular weight is 563 g/mol. The van der Waals surface area contributed by atoms with Crippen LogP contribution in [-0.2, 0) is 20.7 Å². The van der Waals surface area contributed by atoms with Crippen molar-refractivity contribution in [2.45, 2.75) is 34.1 Å². The smallest absolute Gasteiger partial charge is 0.462 e. The molecule has 208 valence electrons. The van der Waals surface area contributed by atoms with Crippen LogP contribution in [0.5, 0.6) is 0 Å². The number of esters is 1. The monoisotopic (exact) mass is 562 g/mol. The first-order chi connectivity index (χ1) is 19.2. The van der Waals surface area contributed by atoms with E-state index in [1.807, 2.05) is 56.3 Å². The van der Waals surface area contributed by atoms with Gasteiger partial charge in [-0.15, -0.1) is 0 Å². The summed E-state index contributed by atoms with van der Waals surface area (Å²) in [5.74, 6) is -0.331. The number of hydrogen-bond donors (Lipinski definition) is 2. The van der Waals surface area contributed by atoms with Crippen molar-refractivity contribution in [2.75, 3.05) is 6.61 Å². The summed E-state index contributed by atoms with van der Waals surface area (Å²) < 4.78 is 5.04. The summed E-state index contributed by atoms with van der Waals surface area (Å²) in [5.41, 5.74) is 5.92. The fourth-order valence-corrected chi connectivity index (χ4v) is 3.57. The number of hydrogen-bond acceptors (Lipinski definition) is 8. The molecule has 0 fully saturated rings. The highest BCUT2D eigenvalue weighted by Gasteiger charge is 2.14. The lowest BCUT2D eigenvalue weighted by molar-refractivity contribution is -0.191. The van der Waals surface area contributed by atoms with E-state index in [0.717, 1.165) is 28.7 Å². The van der Waals surface area contributed by atoms with Gasteiger partial charge in [0.1, 0.15) is 5.15 Å². The van der Waals surface area contributed by atoms with Crippen LogP contribution in [0.3, 0.4) is 0 Å². The number of rotatable bonds is 5. The van der Waals surface area contributed by atoms with E-state index in [9.17, 15) is 4.79 Å². The Morgan fingerprint density at radius 3 is 2.00 bits per heavy atom. The van der Waals surface area contributed by atoms with Crippen LogP contribution >= 0.6 is 11.6 Å². The van der Waals surface area contributed by atoms with Crippen LogP contribution in [0.2, 0.25) is 5.15 Å². The molecule has 2 aromatic carbocycles. The maximum Gasteiger partial charge on any atom is 0.488 e. The largest absolute Gasteiger partial charge is 0.488 e. The molecule has 0 saturated carbocycles. The van der Waals surface area contributed by atoms with Crippen molar-refractivity contribution in [3.05, 3.63) is 113 Å². The zero-order valence-corrected chi connectivity index (χ0v) is 23.6. The van der Waals surface area contributed by atoms with Gasteiger partial charge in [0.15, 0.2) is 0 Å². The maximum atomic E-state index is 11.9. The number of pyridine rings is 2. The third-order valence-corrected chi connectivity index (χ3v) is 5.49. The molecule has 0 radical (unpaired) electrons. The Hall–Kier alpha value is -4.14. The lowest BCUT2D eigenvalue weighted by Gasteiger charge is -2.08. The SMILES string of the molecule is CCOC(=O)c1cccnc1-c1cccc(C)c1.CCc1cccnc1Cl.Cc1cccc(B(O)O)c1.O=C=O. The zero-order chi connectivity index (χ0) is 29.9. The quantitative estimate of drug-likeness (QED) is 0.205. The minimum absolute atomic E-state index is 0.250. The van der Waals surface area contributed by atoms with E-state index in [-0.39, 0.29) is 12.1 Å². The van der Waals surface area contributed by atoms with Crippen LogP contribution in [0.4, 0.5) is 0 Å². The number of benzene rings is 2. The van der Waals surface area contributed by atoms with Gasteiger partial charge in [-0.25, -0.2) is 9.78 Å². The Kier molecular flexibility index (Phi) is 16.1. The van der Waals surface area contributed by atoms with E-state index < -0.39 is 7.12 Å². The Balaban J connectivity index is 0.000000308. The predicted molar refractivity (Wildman–Crippen MR) is 155 cm³/mol. The molecule has 0 spiro atoms. The molecule has 0 saturated heterocycles. The Morgan fingerprint density at radius 2 is 1.50 bits per heavy atom. The second-order valence-electron chi connectivity index (χ2n) is 8.17. The van der Waals surface area contributed by atoms with E-state index in [0.29, 0.717) is 28.5 Å². The van der Waals surface area contributed by atoms with Crippen molar-refractivity contribution in [3.63, 3.8) is 0 Å². The van der Waals surface area contributed by atoms with Gasteiger partial charge in [-0.3, -0.25) is 4.98 Å². The van der Waals surface area contributed by atoms with Gasteiger partial charge in [-0.2, -0.15) is 9.59 Å². The molecule has 2 heterocycles. The maximum absolute atomic E-state index is 11.9. The first-order valence-corrected chi connectivity index (χ1v) is 12.8. The van der Waals surface area contributed by atoms with Crippen molar-refractivity contribution >= 4 is 36.3 Å². The molecule has 2 N–H and O–H groups in total. The topological polar surface area (TPSA) is 127 Å². The van der Waals surface area contributed by atoms with Gasteiger partial charge in [0.05, 0.1) is 17.9 Å². The van der Waals surface area contributed by atoms with E-state index in [4.69, 9.17) is 36.0 Å². The van der Waals surface area contributed by atoms with Gasteiger partial charge in [0.2, 0.25) is 0 Å². The molecular weight excluding hydrogens is 531 g/mol. The summed E-state index contributed by atoms with van der Waals surface area (Å²) in [6.07, 6.45) is 4.58. The number of ether oxygens (including phenoxy) is 1. The van der Waals surface area contributed by atoms with E-state index >= 15 is 0 Å². The van der Waals surface area contributed by atoms with Crippen LogP contribution in [0.1, 0.15) is 40.9 Å². The normalized spacial score (nSPS) is 9.28. The molecular formula is C30H32BClN2O6. The molecule has 4 rings (SSSR count). The summed E-state index contributed by atoms with van der Waals surface area (Å²) in [6, 6.07) is 22.4. The van der Waals surface area contributed by atoms with Gasteiger partial charge in [0, 0.05) is 18.0 Å². The lowest BCUT2D eigenvalue weighted by atomic mass is 9.80. The van der Waals surface area contributed by atoms with Crippen LogP contribution in [0.15, 0.2) is 85.2 Å². The van der Waals surface area contributed by atoms with Gasteiger partial charge < -0.3 is 14.8 Å². The van der Waals surface area contributed by atoms with Crippen LogP contribution < -0.4 is 5.46 Å². The van der Waals surface area contributed by atoms with Gasteiger partial charge in [-0.1, -0.05) is 78.2 Å². The fourth-order valence-electron chi connectivity index (χ4n) is 3.32. The Labute approximate surface area is 239 Å². The summed E-state index contributed by atoms with van der Waals surface area (Å²) in [5, 5.41) is 18.0. The summed E-state index contributed by atoms with van der Waals surface area (Å²) in [6.45, 7) is 8.13. The molecule has 0 aliphatic rings. The second-order valence-corrected chi connectivity index (χ2v) is 8.53. The molecule has 10 heteroatoms. The third-order valence-electron chi connectivity index (χ3n) is 5.15. The molecule has 0 amide bonds. The predicted octanol–water partition coefficient (Wildman–Crippen LogP) is 4.62. The minimum atomic E-state index is -1.35. The Morgan fingerprint density at radius 1 is 0.900 bits per heavy atom. The van der Waals surface area contributed by atoms with Crippen molar-refractivity contribution in [1.29, 1.82) is 0 Å². The second kappa shape index (κ2) is 19.0. The number of halogens is 1. The highest BCUT2D eigenvalue weighted by molar-refractivity contribution is 6.58. The zero-order valence-electron chi connectivity index (χ0n) is 22.9. The molecule has 2 aromatic heterocycles. The summed E-state index contributed by atoms with van der Waals surface area (Å²) in [7, 11) is -1.35. The lowest BCUT2D eigenvalue weighted by Crippen LogP contribution is -2.29. The molecule has 4 aromatic rings. The molecule has 0 aliphatic heterocycles. The molecule has 40 heavy (non-hydrogen) atoms. The van der Waals surface area contributed by atoms with Crippen molar-refractivity contribution < 1.29 is 29.2 Å². The van der Waals surface area contributed by atoms with Crippen molar-refractivity contribution in [3.8, 4) is 11.3 Å². The first-order valence-electron chi connectivity index (χ1n) is 12.4. The first kappa shape index (κ1) is 33.9. The number of aryl methyl sites for hydroxylation is 3. The minimum Gasteiger partial charge on any atom is -0.462 e. The average Bonchev–Trinajstić information content (AvgIpc) is 2.94. The highest BCUT2D eigenvalue weighted by atomic mass is 35.5. The third kappa shape index (κ3) is 12.2. The van der Waals surface area contributed by atoms with Crippen molar-refractivity contribution in [2.24, 2.45) is 0 Å². The summed E-state index contributed by atoms with van der Waals surface area (Å²) in [4.78, 5) is 36.3. The van der Waals surface area contributed by atoms with Gasteiger partial charge in [-0.05, 0) is 62.5 Å². The summed E-state index contributed by atoms with van der Waals surface area (Å²) >= 11 is 5.71. The molecule has 0 bridgehead atoms. The van der Waals surface area contributed by atoms with Crippen LogP contribution in [-0.4, -0.2) is 45.9 Å². The van der Waals surface area contributed by atoms with Crippen molar-refractivity contribution in [1.82, 2.24) is 9.97 Å². The van der Waals surface area contributed by atoms with E-state index in [2.05, 4.69) is 16.9 Å². The van der Waals surface area contributed by atoms with E-state index in [1.54, 1.807) is 49.6 Å². The molecule has 0 unspecified atom stereocenters.